The highest BCUT2D eigenvalue weighted by molar-refractivity contribution is 5.78. The molecule has 0 fully saturated rings. The first-order valence-corrected chi connectivity index (χ1v) is 8.09. The van der Waals surface area contributed by atoms with Crippen LogP contribution in [-0.4, -0.2) is 10.2 Å². The summed E-state index contributed by atoms with van der Waals surface area (Å²) in [6.07, 6.45) is 0. The summed E-state index contributed by atoms with van der Waals surface area (Å²) in [5.74, 6) is 0.556. The third-order valence-corrected chi connectivity index (χ3v) is 4.24. The third kappa shape index (κ3) is 3.00. The Morgan fingerprint density at radius 1 is 0.625 bits per heavy atom. The van der Waals surface area contributed by atoms with Crippen LogP contribution in [0.3, 0.4) is 0 Å². The Balaban J connectivity index is 2.09. The van der Waals surface area contributed by atoms with E-state index in [2.05, 4.69) is 26.8 Å². The molecule has 2 heteroatoms. The van der Waals surface area contributed by atoms with E-state index in [-0.39, 0.29) is 16.9 Å². The number of benzene rings is 3. The average Bonchev–Trinajstić information content (AvgIpc) is 2.55. The minimum atomic E-state index is -0.0650. The number of phenols is 2. The lowest BCUT2D eigenvalue weighted by atomic mass is 9.81. The smallest absolute Gasteiger partial charge is 0.123 e. The van der Waals surface area contributed by atoms with Crippen LogP contribution < -0.4 is 0 Å². The normalized spacial score (nSPS) is 11.5. The Labute approximate surface area is 143 Å². The highest BCUT2D eigenvalue weighted by Crippen LogP contribution is 2.39. The fraction of sp³-hybridized carbons (Fsp3) is 0.182. The van der Waals surface area contributed by atoms with Gasteiger partial charge in [-0.25, -0.2) is 0 Å². The Bertz CT molecular complexity index is 856. The molecule has 3 aromatic carbocycles. The number of rotatable bonds is 2. The van der Waals surface area contributed by atoms with Gasteiger partial charge in [-0.3, -0.25) is 0 Å². The van der Waals surface area contributed by atoms with E-state index in [0.717, 1.165) is 27.8 Å². The number of phenolic OH excluding ortho intramolecular Hbond substituents is 2. The van der Waals surface area contributed by atoms with Gasteiger partial charge in [0.2, 0.25) is 0 Å². The van der Waals surface area contributed by atoms with Crippen LogP contribution in [0.1, 0.15) is 26.3 Å². The maximum absolute atomic E-state index is 10.4. The molecule has 0 radical (unpaired) electrons. The Kier molecular flexibility index (Phi) is 4.06. The number of para-hydroxylation sites is 1. The molecule has 0 atom stereocenters. The molecule has 0 aliphatic carbocycles. The first-order valence-electron chi connectivity index (χ1n) is 8.09. The molecule has 24 heavy (non-hydrogen) atoms. The summed E-state index contributed by atoms with van der Waals surface area (Å²) in [6.45, 7) is 6.42. The van der Waals surface area contributed by atoms with Crippen LogP contribution in [0, 0.1) is 0 Å². The number of hydrogen-bond acceptors (Lipinski definition) is 2. The zero-order valence-corrected chi connectivity index (χ0v) is 14.2. The van der Waals surface area contributed by atoms with Crippen molar-refractivity contribution in [3.63, 3.8) is 0 Å². The zero-order chi connectivity index (χ0) is 17.3. The monoisotopic (exact) mass is 318 g/mol. The summed E-state index contributed by atoms with van der Waals surface area (Å²) in [7, 11) is 0. The number of hydrogen-bond donors (Lipinski definition) is 2. The van der Waals surface area contributed by atoms with E-state index in [1.165, 1.54) is 0 Å². The molecule has 2 nitrogen and oxygen atoms in total. The highest BCUT2D eigenvalue weighted by atomic mass is 16.3. The first kappa shape index (κ1) is 16.1. The molecule has 122 valence electrons. The molecule has 0 heterocycles. The van der Waals surface area contributed by atoms with Gasteiger partial charge in [0.05, 0.1) is 0 Å². The van der Waals surface area contributed by atoms with Gasteiger partial charge in [-0.15, -0.1) is 0 Å². The molecular weight excluding hydrogens is 296 g/mol. The van der Waals surface area contributed by atoms with E-state index in [1.54, 1.807) is 12.1 Å². The van der Waals surface area contributed by atoms with Crippen molar-refractivity contribution < 1.29 is 10.2 Å². The summed E-state index contributed by atoms with van der Waals surface area (Å²) in [5, 5.41) is 20.4. The molecule has 0 aromatic heterocycles. The molecular formula is C22H22O2. The lowest BCUT2D eigenvalue weighted by Crippen LogP contribution is -2.12. The SMILES string of the molecule is CC(C)(C)c1cccc(O)c1-c1ccc(-c2ccccc2O)cc1. The van der Waals surface area contributed by atoms with Crippen LogP contribution in [0.15, 0.2) is 66.7 Å². The summed E-state index contributed by atoms with van der Waals surface area (Å²) in [4.78, 5) is 0. The average molecular weight is 318 g/mol. The predicted molar refractivity (Wildman–Crippen MR) is 99.3 cm³/mol. The van der Waals surface area contributed by atoms with Crippen LogP contribution >= 0.6 is 0 Å². The maximum Gasteiger partial charge on any atom is 0.123 e. The minimum Gasteiger partial charge on any atom is -0.507 e. The van der Waals surface area contributed by atoms with E-state index < -0.39 is 0 Å². The molecule has 0 spiro atoms. The molecule has 0 saturated heterocycles. The number of aromatic hydroxyl groups is 2. The van der Waals surface area contributed by atoms with Crippen molar-refractivity contribution in [3.8, 4) is 33.8 Å². The lowest BCUT2D eigenvalue weighted by molar-refractivity contribution is 0.473. The molecule has 3 rings (SSSR count). The van der Waals surface area contributed by atoms with Gasteiger partial charge in [-0.05, 0) is 34.2 Å². The summed E-state index contributed by atoms with van der Waals surface area (Å²) in [5.41, 5.74) is 4.63. The molecule has 0 amide bonds. The first-order chi connectivity index (χ1) is 11.4. The second kappa shape index (κ2) is 6.04. The van der Waals surface area contributed by atoms with Crippen molar-refractivity contribution in [3.05, 3.63) is 72.3 Å². The molecule has 0 bridgehead atoms. The van der Waals surface area contributed by atoms with Gasteiger partial charge in [-0.2, -0.15) is 0 Å². The van der Waals surface area contributed by atoms with Crippen molar-refractivity contribution in [1.82, 2.24) is 0 Å². The summed E-state index contributed by atoms with van der Waals surface area (Å²) < 4.78 is 0. The minimum absolute atomic E-state index is 0.0650. The Morgan fingerprint density at radius 2 is 1.21 bits per heavy atom. The van der Waals surface area contributed by atoms with Crippen LogP contribution in [-0.2, 0) is 5.41 Å². The third-order valence-electron chi connectivity index (χ3n) is 4.24. The second-order valence-electron chi connectivity index (χ2n) is 7.04. The molecule has 0 saturated carbocycles. The predicted octanol–water partition coefficient (Wildman–Crippen LogP) is 5.73. The maximum atomic E-state index is 10.4. The van der Waals surface area contributed by atoms with E-state index in [4.69, 9.17) is 0 Å². The quantitative estimate of drug-likeness (QED) is 0.633. The van der Waals surface area contributed by atoms with E-state index in [1.807, 2.05) is 48.5 Å². The van der Waals surface area contributed by atoms with E-state index >= 15 is 0 Å². The van der Waals surface area contributed by atoms with Crippen molar-refractivity contribution in [2.45, 2.75) is 26.2 Å². The fourth-order valence-electron chi connectivity index (χ4n) is 3.00. The van der Waals surface area contributed by atoms with Crippen LogP contribution in [0.2, 0.25) is 0 Å². The van der Waals surface area contributed by atoms with E-state index in [0.29, 0.717) is 0 Å². The van der Waals surface area contributed by atoms with Gasteiger partial charge in [0.25, 0.3) is 0 Å². The Hall–Kier alpha value is -2.74. The Morgan fingerprint density at radius 3 is 1.83 bits per heavy atom. The molecule has 0 unspecified atom stereocenters. The molecule has 0 aliphatic heterocycles. The molecule has 2 N–H and O–H groups in total. The zero-order valence-electron chi connectivity index (χ0n) is 14.2. The fourth-order valence-corrected chi connectivity index (χ4v) is 3.00. The van der Waals surface area contributed by atoms with Gasteiger partial charge in [0.1, 0.15) is 11.5 Å². The summed E-state index contributed by atoms with van der Waals surface area (Å²) >= 11 is 0. The van der Waals surface area contributed by atoms with Crippen molar-refractivity contribution in [2.75, 3.05) is 0 Å². The van der Waals surface area contributed by atoms with Crippen LogP contribution in [0.25, 0.3) is 22.3 Å². The van der Waals surface area contributed by atoms with Gasteiger partial charge in [0, 0.05) is 11.1 Å². The van der Waals surface area contributed by atoms with Crippen molar-refractivity contribution >= 4 is 0 Å². The van der Waals surface area contributed by atoms with Gasteiger partial charge in [-0.1, -0.05) is 75.4 Å². The molecule has 0 aliphatic rings. The van der Waals surface area contributed by atoms with Crippen molar-refractivity contribution in [2.24, 2.45) is 0 Å². The van der Waals surface area contributed by atoms with Crippen LogP contribution in [0.4, 0.5) is 0 Å². The van der Waals surface area contributed by atoms with Crippen molar-refractivity contribution in [1.29, 1.82) is 0 Å². The standard InChI is InChI=1S/C22H22O2/c1-22(2,3)18-8-6-10-20(24)21(18)16-13-11-15(12-14-16)17-7-4-5-9-19(17)23/h4-14,23-24H,1-3H3. The van der Waals surface area contributed by atoms with Crippen LogP contribution in [0.5, 0.6) is 11.5 Å². The van der Waals surface area contributed by atoms with Gasteiger partial charge in [0.15, 0.2) is 0 Å². The van der Waals surface area contributed by atoms with Gasteiger partial charge < -0.3 is 10.2 Å². The molecule has 3 aromatic rings. The largest absolute Gasteiger partial charge is 0.507 e. The summed E-state index contributed by atoms with van der Waals surface area (Å²) in [6, 6.07) is 20.9. The topological polar surface area (TPSA) is 40.5 Å². The van der Waals surface area contributed by atoms with Gasteiger partial charge >= 0.3 is 0 Å². The lowest BCUT2D eigenvalue weighted by Gasteiger charge is -2.24. The highest BCUT2D eigenvalue weighted by Gasteiger charge is 2.21. The van der Waals surface area contributed by atoms with E-state index in [9.17, 15) is 10.2 Å². The second-order valence-corrected chi connectivity index (χ2v) is 7.04.